The van der Waals surface area contributed by atoms with Crippen LogP contribution in [0.25, 0.3) is 21.3 Å². The maximum atomic E-state index is 13.6. The summed E-state index contributed by atoms with van der Waals surface area (Å²) in [6.07, 6.45) is 0.0798. The van der Waals surface area contributed by atoms with E-state index in [1.807, 2.05) is 55.5 Å². The molecular weight excluding hydrogens is 438 g/mol. The van der Waals surface area contributed by atoms with E-state index in [0.717, 1.165) is 15.8 Å². The molecule has 166 valence electrons. The Bertz CT molecular complexity index is 1500. The van der Waals surface area contributed by atoms with E-state index < -0.39 is 5.76 Å². The van der Waals surface area contributed by atoms with E-state index in [-0.39, 0.29) is 18.9 Å². The van der Waals surface area contributed by atoms with Gasteiger partial charge in [-0.15, -0.1) is 0 Å². The molecule has 0 aliphatic rings. The Morgan fingerprint density at radius 3 is 2.73 bits per heavy atom. The molecule has 5 rings (SSSR count). The number of nitrogens with zero attached hydrogens (tertiary/aromatic N) is 3. The Labute approximate surface area is 193 Å². The first-order valence-corrected chi connectivity index (χ1v) is 11.3. The lowest BCUT2D eigenvalue weighted by atomic mass is 10.2. The molecule has 7 nitrogen and oxygen atoms in total. The number of methoxy groups -OCH3 is 1. The average molecular weight is 460 g/mol. The van der Waals surface area contributed by atoms with Crippen molar-refractivity contribution in [3.8, 4) is 5.75 Å². The molecule has 0 unspecified atom stereocenters. The summed E-state index contributed by atoms with van der Waals surface area (Å²) >= 11 is 1.43. The summed E-state index contributed by atoms with van der Waals surface area (Å²) in [6, 6.07) is 20.6. The Balaban J connectivity index is 1.55. The predicted octanol–water partition coefficient (Wildman–Crippen LogP) is 5.28. The van der Waals surface area contributed by atoms with Crippen LogP contribution in [0.2, 0.25) is 0 Å². The van der Waals surface area contributed by atoms with Gasteiger partial charge in [-0.1, -0.05) is 41.7 Å². The second kappa shape index (κ2) is 8.55. The molecule has 3 aromatic carbocycles. The van der Waals surface area contributed by atoms with Crippen LogP contribution in [-0.4, -0.2) is 22.6 Å². The van der Waals surface area contributed by atoms with E-state index in [1.54, 1.807) is 30.2 Å². The van der Waals surface area contributed by atoms with Crippen molar-refractivity contribution in [2.24, 2.45) is 0 Å². The molecule has 0 spiro atoms. The van der Waals surface area contributed by atoms with Crippen molar-refractivity contribution in [2.45, 2.75) is 19.9 Å². The van der Waals surface area contributed by atoms with Gasteiger partial charge in [0.05, 0.1) is 28.5 Å². The van der Waals surface area contributed by atoms with E-state index in [0.29, 0.717) is 27.7 Å². The Morgan fingerprint density at radius 1 is 1.12 bits per heavy atom. The van der Waals surface area contributed by atoms with E-state index in [1.165, 1.54) is 15.9 Å². The number of amides is 1. The number of thiazole rings is 1. The first kappa shape index (κ1) is 21.0. The number of rotatable bonds is 6. The number of aromatic nitrogens is 2. The van der Waals surface area contributed by atoms with Crippen LogP contribution in [0.1, 0.15) is 12.0 Å². The largest absolute Gasteiger partial charge is 0.495 e. The van der Waals surface area contributed by atoms with Crippen LogP contribution >= 0.6 is 11.3 Å². The van der Waals surface area contributed by atoms with Crippen LogP contribution in [0.4, 0.5) is 10.8 Å². The maximum absolute atomic E-state index is 13.6. The topological polar surface area (TPSA) is 77.6 Å². The number of para-hydroxylation sites is 3. The molecule has 5 aromatic rings. The quantitative estimate of drug-likeness (QED) is 0.345. The van der Waals surface area contributed by atoms with Gasteiger partial charge in [0.2, 0.25) is 5.91 Å². The normalized spacial score (nSPS) is 11.2. The molecule has 0 N–H and O–H groups in total. The number of oxazole rings is 1. The van der Waals surface area contributed by atoms with Gasteiger partial charge in [0, 0.05) is 13.0 Å². The number of ether oxygens (including phenoxy) is 1. The smallest absolute Gasteiger partial charge is 0.419 e. The van der Waals surface area contributed by atoms with Gasteiger partial charge in [0.15, 0.2) is 10.7 Å². The summed E-state index contributed by atoms with van der Waals surface area (Å²) in [7, 11) is 1.58. The molecule has 0 bridgehead atoms. The number of benzene rings is 3. The third-order valence-corrected chi connectivity index (χ3v) is 6.44. The molecule has 0 saturated heterocycles. The number of anilines is 2. The van der Waals surface area contributed by atoms with Crippen molar-refractivity contribution in [1.82, 2.24) is 9.55 Å². The van der Waals surface area contributed by atoms with Crippen molar-refractivity contribution in [3.63, 3.8) is 0 Å². The number of aryl methyl sites for hydroxylation is 2. The predicted molar refractivity (Wildman–Crippen MR) is 130 cm³/mol. The third-order valence-electron chi connectivity index (χ3n) is 5.42. The van der Waals surface area contributed by atoms with Gasteiger partial charge in [0.1, 0.15) is 5.75 Å². The minimum absolute atomic E-state index is 0.0798. The summed E-state index contributed by atoms with van der Waals surface area (Å²) in [5.41, 5.74) is 3.58. The standard InChI is InChI=1S/C25H21N3O4S/c1-16-11-12-20(31-2)19(15-16)28(24-26-17-7-3-6-10-22(17)33-24)23(29)13-14-27-18-8-4-5-9-21(18)32-25(27)30/h3-12,15H,13-14H2,1-2H3. The Morgan fingerprint density at radius 2 is 1.91 bits per heavy atom. The molecule has 33 heavy (non-hydrogen) atoms. The summed E-state index contributed by atoms with van der Waals surface area (Å²) in [6.45, 7) is 2.14. The summed E-state index contributed by atoms with van der Waals surface area (Å²) in [5.74, 6) is -0.113. The van der Waals surface area contributed by atoms with Gasteiger partial charge < -0.3 is 9.15 Å². The van der Waals surface area contributed by atoms with Crippen molar-refractivity contribution >= 4 is 49.4 Å². The van der Waals surface area contributed by atoms with Crippen LogP contribution in [-0.2, 0) is 11.3 Å². The van der Waals surface area contributed by atoms with Crippen molar-refractivity contribution in [2.75, 3.05) is 12.0 Å². The molecule has 0 fully saturated rings. The minimum Gasteiger partial charge on any atom is -0.495 e. The highest BCUT2D eigenvalue weighted by molar-refractivity contribution is 7.22. The number of carbonyl (C=O) groups is 1. The highest BCUT2D eigenvalue weighted by atomic mass is 32.1. The SMILES string of the molecule is COc1ccc(C)cc1N(C(=O)CCn1c(=O)oc2ccccc21)c1nc2ccccc2s1. The third kappa shape index (κ3) is 3.89. The lowest BCUT2D eigenvalue weighted by Gasteiger charge is -2.22. The molecule has 2 aromatic heterocycles. The lowest BCUT2D eigenvalue weighted by molar-refractivity contribution is -0.118. The van der Waals surface area contributed by atoms with Gasteiger partial charge in [0.25, 0.3) is 0 Å². The zero-order valence-electron chi connectivity index (χ0n) is 18.1. The fraction of sp³-hybridized carbons (Fsp3) is 0.160. The molecule has 2 heterocycles. The first-order valence-electron chi connectivity index (χ1n) is 10.5. The van der Waals surface area contributed by atoms with E-state index in [9.17, 15) is 9.59 Å². The van der Waals surface area contributed by atoms with Gasteiger partial charge in [-0.2, -0.15) is 0 Å². The monoisotopic (exact) mass is 459 g/mol. The number of hydrogen-bond acceptors (Lipinski definition) is 6. The van der Waals surface area contributed by atoms with Crippen LogP contribution < -0.4 is 15.4 Å². The molecule has 0 aliphatic carbocycles. The van der Waals surface area contributed by atoms with Crippen LogP contribution in [0, 0.1) is 6.92 Å². The van der Waals surface area contributed by atoms with Crippen LogP contribution in [0.15, 0.2) is 75.9 Å². The van der Waals surface area contributed by atoms with Gasteiger partial charge in [-0.05, 0) is 48.9 Å². The van der Waals surface area contributed by atoms with Gasteiger partial charge in [-0.3, -0.25) is 14.3 Å². The minimum atomic E-state index is -0.483. The zero-order valence-corrected chi connectivity index (χ0v) is 19.0. The van der Waals surface area contributed by atoms with Crippen molar-refractivity contribution in [1.29, 1.82) is 0 Å². The Kier molecular flexibility index (Phi) is 5.43. The number of carbonyl (C=O) groups excluding carboxylic acids is 1. The lowest BCUT2D eigenvalue weighted by Crippen LogP contribution is -2.28. The van der Waals surface area contributed by atoms with E-state index in [2.05, 4.69) is 0 Å². The van der Waals surface area contributed by atoms with Gasteiger partial charge >= 0.3 is 5.76 Å². The molecule has 0 atom stereocenters. The molecular formula is C25H21N3O4S. The van der Waals surface area contributed by atoms with Crippen molar-refractivity contribution in [3.05, 3.63) is 82.8 Å². The Hall–Kier alpha value is -3.91. The molecule has 0 aliphatic heterocycles. The number of fused-ring (bicyclic) bond motifs is 2. The molecule has 0 radical (unpaired) electrons. The van der Waals surface area contributed by atoms with Crippen LogP contribution in [0.5, 0.6) is 5.75 Å². The number of hydrogen-bond donors (Lipinski definition) is 0. The maximum Gasteiger partial charge on any atom is 0.419 e. The summed E-state index contributed by atoms with van der Waals surface area (Å²) in [5, 5.41) is 0.550. The average Bonchev–Trinajstić information content (AvgIpc) is 3.38. The second-order valence-electron chi connectivity index (χ2n) is 7.61. The zero-order chi connectivity index (χ0) is 22.9. The first-order chi connectivity index (χ1) is 16.0. The van der Waals surface area contributed by atoms with Crippen LogP contribution in [0.3, 0.4) is 0 Å². The molecule has 0 saturated carbocycles. The highest BCUT2D eigenvalue weighted by Gasteiger charge is 2.25. The van der Waals surface area contributed by atoms with Gasteiger partial charge in [-0.25, -0.2) is 9.78 Å². The van der Waals surface area contributed by atoms with E-state index in [4.69, 9.17) is 14.1 Å². The highest BCUT2D eigenvalue weighted by Crippen LogP contribution is 2.39. The summed E-state index contributed by atoms with van der Waals surface area (Å²) in [4.78, 5) is 32.3. The summed E-state index contributed by atoms with van der Waals surface area (Å²) < 4.78 is 13.3. The second-order valence-corrected chi connectivity index (χ2v) is 8.62. The molecule has 8 heteroatoms. The fourth-order valence-corrected chi connectivity index (χ4v) is 4.82. The van der Waals surface area contributed by atoms with Crippen molar-refractivity contribution < 1.29 is 13.9 Å². The van der Waals surface area contributed by atoms with E-state index >= 15 is 0 Å². The molecule has 1 amide bonds. The fourth-order valence-electron chi connectivity index (χ4n) is 3.82.